The van der Waals surface area contributed by atoms with Crippen molar-refractivity contribution in [2.75, 3.05) is 9.80 Å². The van der Waals surface area contributed by atoms with Crippen LogP contribution >= 0.6 is 0 Å². The minimum absolute atomic E-state index is 0.0236. The lowest BCUT2D eigenvalue weighted by Gasteiger charge is -2.48. The summed E-state index contributed by atoms with van der Waals surface area (Å²) in [6, 6.07) is 27.8. The Morgan fingerprint density at radius 3 is 1.64 bits per heavy atom. The Bertz CT molecular complexity index is 2610. The van der Waals surface area contributed by atoms with Crippen LogP contribution < -0.4 is 20.2 Å². The van der Waals surface area contributed by atoms with Crippen molar-refractivity contribution in [3.63, 3.8) is 0 Å². The molecule has 0 aliphatic carbocycles. The number of anilines is 2. The molecular weight excluding hydrogens is 787 g/mol. The zero-order valence-electron chi connectivity index (χ0n) is 34.7. The van der Waals surface area contributed by atoms with Crippen molar-refractivity contribution >= 4 is 34.9 Å². The van der Waals surface area contributed by atoms with Gasteiger partial charge in [0.2, 0.25) is 0 Å². The number of rotatable bonds is 11. The Hall–Kier alpha value is -6.07. The van der Waals surface area contributed by atoms with Gasteiger partial charge in [-0.2, -0.15) is 26.3 Å². The van der Waals surface area contributed by atoms with Gasteiger partial charge in [0.05, 0.1) is 29.3 Å². The summed E-state index contributed by atoms with van der Waals surface area (Å²) in [5, 5.41) is 1.65. The predicted molar refractivity (Wildman–Crippen MR) is 231 cm³/mol. The second kappa shape index (κ2) is 15.1. The van der Waals surface area contributed by atoms with Crippen molar-refractivity contribution in [1.82, 2.24) is 4.57 Å². The van der Waals surface area contributed by atoms with Crippen molar-refractivity contribution in [3.8, 4) is 0 Å². The summed E-state index contributed by atoms with van der Waals surface area (Å²) in [5.41, 5.74) is -2.82. The predicted octanol–water partition coefficient (Wildman–Crippen LogP) is 11.1. The fourth-order valence-corrected chi connectivity index (χ4v) is 8.90. The van der Waals surface area contributed by atoms with Crippen LogP contribution in [0.25, 0.3) is 12.2 Å². The van der Waals surface area contributed by atoms with E-state index in [0.29, 0.717) is 16.8 Å². The van der Waals surface area contributed by atoms with Crippen molar-refractivity contribution in [3.05, 3.63) is 184 Å². The summed E-state index contributed by atoms with van der Waals surface area (Å²) < 4.78 is 104. The number of aliphatic imine (C=N–C) groups is 1. The van der Waals surface area contributed by atoms with E-state index in [9.17, 15) is 0 Å². The molecule has 5 nitrogen and oxygen atoms in total. The maximum atomic E-state index is 16.0. The lowest BCUT2D eigenvalue weighted by Crippen LogP contribution is -2.67. The van der Waals surface area contributed by atoms with E-state index in [2.05, 4.69) is 0 Å². The van der Waals surface area contributed by atoms with Crippen LogP contribution in [0.2, 0.25) is 0 Å². The molecule has 11 heteroatoms. The molecule has 3 aliphatic rings. The van der Waals surface area contributed by atoms with Crippen LogP contribution in [0.1, 0.15) is 47.5 Å². The molecular formula is C50H46F6N4O. The van der Waals surface area contributed by atoms with Gasteiger partial charge in [-0.05, 0) is 68.7 Å². The maximum Gasteiger partial charge on any atom is 0.430 e. The average molecular weight is 833 g/mol. The zero-order chi connectivity index (χ0) is 43.5. The van der Waals surface area contributed by atoms with Crippen molar-refractivity contribution < 1.29 is 31.1 Å². The molecule has 3 aliphatic heterocycles. The molecule has 1 unspecified atom stereocenters. The third-order valence-electron chi connectivity index (χ3n) is 12.1. The average Bonchev–Trinajstić information content (AvgIpc) is 3.70. The molecule has 8 rings (SSSR count). The van der Waals surface area contributed by atoms with Gasteiger partial charge in [-0.15, -0.1) is 0 Å². The molecule has 0 spiro atoms. The molecule has 5 aromatic rings. The van der Waals surface area contributed by atoms with Crippen LogP contribution in [-0.4, -0.2) is 34.4 Å². The van der Waals surface area contributed by atoms with Crippen molar-refractivity contribution in [1.29, 1.82) is 0 Å². The van der Waals surface area contributed by atoms with Crippen LogP contribution in [0.4, 0.5) is 43.4 Å². The Balaban J connectivity index is 1.52. The molecule has 0 bridgehead atoms. The summed E-state index contributed by atoms with van der Waals surface area (Å²) in [4.78, 5) is 9.28. The minimum atomic E-state index is -5.99. The van der Waals surface area contributed by atoms with E-state index in [4.69, 9.17) is 9.73 Å². The molecule has 4 aromatic carbocycles. The Morgan fingerprint density at radius 2 is 1.15 bits per heavy atom. The van der Waals surface area contributed by atoms with Gasteiger partial charge in [0.1, 0.15) is 6.10 Å². The van der Waals surface area contributed by atoms with Gasteiger partial charge in [-0.1, -0.05) is 129 Å². The van der Waals surface area contributed by atoms with E-state index >= 15 is 26.3 Å². The molecule has 0 N–H and O–H groups in total. The molecule has 0 radical (unpaired) electrons. The van der Waals surface area contributed by atoms with Crippen molar-refractivity contribution in [2.24, 2.45) is 4.99 Å². The number of hydrogen-bond acceptors (Lipinski definition) is 4. The lowest BCUT2D eigenvalue weighted by atomic mass is 9.83. The number of halogens is 6. The summed E-state index contributed by atoms with van der Waals surface area (Å²) >= 11 is 0. The highest BCUT2D eigenvalue weighted by atomic mass is 19.4. The number of aryl methyl sites for hydroxylation is 4. The van der Waals surface area contributed by atoms with Gasteiger partial charge in [0.15, 0.2) is 5.66 Å². The number of allylic oxidation sites excluding steroid dienone is 3. The third kappa shape index (κ3) is 6.83. The molecule has 0 saturated heterocycles. The summed E-state index contributed by atoms with van der Waals surface area (Å²) in [6.07, 6.45) is 0.149. The quantitative estimate of drug-likeness (QED) is 0.0755. The van der Waals surface area contributed by atoms with Gasteiger partial charge in [0.25, 0.3) is 5.60 Å². The lowest BCUT2D eigenvalue weighted by molar-refractivity contribution is -0.391. The number of aromatic nitrogens is 1. The van der Waals surface area contributed by atoms with Crippen molar-refractivity contribution in [2.45, 2.75) is 83.2 Å². The van der Waals surface area contributed by atoms with E-state index in [1.165, 1.54) is 12.1 Å². The van der Waals surface area contributed by atoms with Gasteiger partial charge in [-0.25, -0.2) is 4.99 Å². The summed E-state index contributed by atoms with van der Waals surface area (Å²) in [7, 11) is 0. The van der Waals surface area contributed by atoms with Gasteiger partial charge < -0.3 is 19.1 Å². The second-order valence-electron chi connectivity index (χ2n) is 16.5. The molecule has 4 heterocycles. The van der Waals surface area contributed by atoms with Crippen LogP contribution in [-0.2, 0) is 22.3 Å². The highest BCUT2D eigenvalue weighted by molar-refractivity contribution is 6.10. The van der Waals surface area contributed by atoms with E-state index in [1.54, 1.807) is 6.08 Å². The standard InChI is InChI=1S/C50H46F6N4O/c1-33-16-13-17-34(2)42(33)57-45(47(32-58-35(3)24-25-36(58)4)59-30-14-18-37-26-27-38-19-15-31-60(47)44(38)43(37)59)41(28-29-46(5,6)39-20-9-7-10-21-39)61-48(49(51,52)53,50(54,55)56)40-22-11-8-12-23-40/h7-31,41H,32H2,1-6H3/b29-28+,57-45?. The number of nitrogens with zero attached hydrogens (tertiary/aromatic N) is 4. The zero-order valence-corrected chi connectivity index (χ0v) is 34.7. The van der Waals surface area contributed by atoms with Crippen LogP contribution in [0.15, 0.2) is 145 Å². The molecule has 61 heavy (non-hydrogen) atoms. The van der Waals surface area contributed by atoms with E-state index in [-0.39, 0.29) is 12.3 Å². The molecule has 1 atom stereocenters. The fraction of sp³-hybridized carbons (Fsp3) is 0.260. The van der Waals surface area contributed by atoms with Gasteiger partial charge in [-0.3, -0.25) is 0 Å². The summed E-state index contributed by atoms with van der Waals surface area (Å²) in [6.45, 7) is 11.2. The first kappa shape index (κ1) is 41.7. The minimum Gasteiger partial charge on any atom is -0.344 e. The number of ether oxygens (including phenoxy) is 1. The Labute approximate surface area is 351 Å². The van der Waals surface area contributed by atoms with Gasteiger partial charge >= 0.3 is 12.4 Å². The van der Waals surface area contributed by atoms with E-state index in [1.807, 2.05) is 165 Å². The number of para-hydroxylation sites is 1. The normalized spacial score (nSPS) is 16.5. The van der Waals surface area contributed by atoms with Gasteiger partial charge in [0, 0.05) is 45.2 Å². The maximum absolute atomic E-state index is 16.0. The topological polar surface area (TPSA) is 33.0 Å². The fourth-order valence-electron chi connectivity index (χ4n) is 8.90. The smallest absolute Gasteiger partial charge is 0.344 e. The highest BCUT2D eigenvalue weighted by Gasteiger charge is 2.74. The SMILES string of the molecule is Cc1cccc(C)c1N=C(C(/C=C/C(C)(C)c1ccccc1)OC(c1ccccc1)(C(F)(F)F)C(F)(F)F)C1(Cn2c(C)ccc2C)N2C=CC=c3ccc4c(c32)N1C=CC=4. The molecule has 314 valence electrons. The first-order chi connectivity index (χ1) is 28.9. The monoisotopic (exact) mass is 832 g/mol. The molecule has 0 fully saturated rings. The Morgan fingerprint density at radius 1 is 0.656 bits per heavy atom. The molecule has 0 amide bonds. The number of benzene rings is 4. The van der Waals surface area contributed by atoms with Crippen LogP contribution in [0.5, 0.6) is 0 Å². The molecule has 1 aromatic heterocycles. The van der Waals surface area contributed by atoms with E-state index < -0.39 is 40.7 Å². The second-order valence-corrected chi connectivity index (χ2v) is 16.5. The number of alkyl halides is 6. The Kier molecular flexibility index (Phi) is 10.3. The van der Waals surface area contributed by atoms with E-state index in [0.717, 1.165) is 63.0 Å². The van der Waals surface area contributed by atoms with Crippen LogP contribution in [0.3, 0.4) is 0 Å². The summed E-state index contributed by atoms with van der Waals surface area (Å²) in [5.74, 6) is 0. The molecule has 0 saturated carbocycles. The highest BCUT2D eigenvalue weighted by Crippen LogP contribution is 2.55. The first-order valence-electron chi connectivity index (χ1n) is 20.1. The largest absolute Gasteiger partial charge is 0.430 e. The third-order valence-corrected chi connectivity index (χ3v) is 12.1. The van der Waals surface area contributed by atoms with Crippen LogP contribution in [0, 0.1) is 27.7 Å². The first-order valence-corrected chi connectivity index (χ1v) is 20.1. The number of hydrogen-bond donors (Lipinski definition) is 0.